The minimum Gasteiger partial charge on any atom is -0.481 e. The molecule has 0 fully saturated rings. The summed E-state index contributed by atoms with van der Waals surface area (Å²) in [4.78, 5) is 39.5. The minimum absolute atomic E-state index is 0. The van der Waals surface area contributed by atoms with Crippen LogP contribution in [0.4, 0.5) is 8.78 Å². The Bertz CT molecular complexity index is 2680. The number of aromatic nitrogens is 8. The van der Waals surface area contributed by atoms with E-state index in [1.807, 2.05) is 60.7 Å². The summed E-state index contributed by atoms with van der Waals surface area (Å²) in [6.45, 7) is 6.42. The predicted molar refractivity (Wildman–Crippen MR) is 237 cm³/mol. The van der Waals surface area contributed by atoms with Crippen LogP contribution >= 0.6 is 0 Å². The van der Waals surface area contributed by atoms with Gasteiger partial charge in [0.1, 0.15) is 36.3 Å². The Kier molecular flexibility index (Phi) is 15.8. The van der Waals surface area contributed by atoms with E-state index in [0.29, 0.717) is 34.9 Å². The van der Waals surface area contributed by atoms with E-state index < -0.39 is 22.8 Å². The van der Waals surface area contributed by atoms with Crippen LogP contribution in [0, 0.1) is 22.5 Å². The number of nitrogens with one attached hydrogen (secondary N) is 2. The van der Waals surface area contributed by atoms with Gasteiger partial charge in [0.15, 0.2) is 11.6 Å². The number of nitrogens with zero attached hydrogens (tertiary/aromatic N) is 6. The van der Waals surface area contributed by atoms with Crippen molar-refractivity contribution in [3.8, 4) is 80.3 Å². The Balaban J connectivity index is 0.000000218. The molecule has 0 bridgehead atoms. The number of aromatic amines is 2. The van der Waals surface area contributed by atoms with Crippen LogP contribution in [0.25, 0.3) is 45.0 Å². The monoisotopic (exact) mass is 919 g/mol. The van der Waals surface area contributed by atoms with Crippen molar-refractivity contribution >= 4 is 11.9 Å². The van der Waals surface area contributed by atoms with Crippen molar-refractivity contribution in [2.45, 2.75) is 27.7 Å². The summed E-state index contributed by atoms with van der Waals surface area (Å²) < 4.78 is 48.1. The van der Waals surface area contributed by atoms with E-state index in [1.165, 1.54) is 48.5 Å². The molecule has 0 aliphatic heterocycles. The number of aliphatic carboxylic acids is 2. The molecule has 4 heterocycles. The molecule has 8 rings (SSSR count). The average molecular weight is 920 g/mol. The third kappa shape index (κ3) is 13.3. The number of H-pyrrole nitrogens is 2. The van der Waals surface area contributed by atoms with E-state index in [-0.39, 0.29) is 66.4 Å². The van der Waals surface area contributed by atoms with Crippen molar-refractivity contribution in [2.75, 3.05) is 13.2 Å². The number of carboxylic acids is 2. The molecule has 336 valence electrons. The van der Waals surface area contributed by atoms with Crippen LogP contribution in [0.3, 0.4) is 0 Å². The third-order valence-electron chi connectivity index (χ3n) is 9.75. The van der Waals surface area contributed by atoms with Crippen LogP contribution in [0.1, 0.15) is 27.7 Å². The molecule has 4 aromatic heterocycles. The van der Waals surface area contributed by atoms with E-state index in [1.54, 1.807) is 52.2 Å². The zero-order valence-corrected chi connectivity index (χ0v) is 38.9. The first-order valence-electron chi connectivity index (χ1n) is 20.2. The maximum Gasteiger partial charge on any atom is 1.00 e. The summed E-state index contributed by atoms with van der Waals surface area (Å²) in [5.41, 5.74) is 3.25. The van der Waals surface area contributed by atoms with Crippen molar-refractivity contribution in [1.29, 1.82) is 0 Å². The fourth-order valence-corrected chi connectivity index (χ4v) is 5.60. The van der Waals surface area contributed by atoms with Gasteiger partial charge in [-0.2, -0.15) is 9.97 Å². The number of ether oxygens (including phenoxy) is 4. The van der Waals surface area contributed by atoms with Gasteiger partial charge in [0.05, 0.1) is 10.8 Å². The normalized spacial score (nSPS) is 11.1. The fourth-order valence-electron chi connectivity index (χ4n) is 5.60. The minimum atomic E-state index is -0.999. The summed E-state index contributed by atoms with van der Waals surface area (Å²) in [5, 5.41) is 32.0. The Morgan fingerprint density at radius 1 is 0.507 bits per heavy atom. The van der Waals surface area contributed by atoms with E-state index >= 15 is 0 Å². The quantitative estimate of drug-likeness (QED) is 0.0724. The molecule has 0 aliphatic carbocycles. The van der Waals surface area contributed by atoms with Crippen molar-refractivity contribution < 1.29 is 77.1 Å². The summed E-state index contributed by atoms with van der Waals surface area (Å²) in [6, 6.07) is 33.8. The Labute approximate surface area is 404 Å². The third-order valence-corrected chi connectivity index (χ3v) is 9.75. The molecule has 0 atom stereocenters. The van der Waals surface area contributed by atoms with Crippen LogP contribution < -0.4 is 48.5 Å². The summed E-state index contributed by atoms with van der Waals surface area (Å²) in [5.74, 6) is 0.0891. The second kappa shape index (κ2) is 21.6. The molecule has 4 aromatic carbocycles. The predicted octanol–water partition coefficient (Wildman–Crippen LogP) is 6.91. The van der Waals surface area contributed by atoms with Crippen molar-refractivity contribution in [3.05, 3.63) is 145 Å². The van der Waals surface area contributed by atoms with Crippen LogP contribution in [0.5, 0.6) is 35.3 Å². The van der Waals surface area contributed by atoms with E-state index in [4.69, 9.17) is 29.2 Å². The standard InChI is InChI=1S/2C24H21FN4O4.Na/c2*1-24(2,22(30)31)14-32-20-12-7-17(13-26-20)15-3-5-16(6-4-15)21-27-23(29-28-21)33-19-10-8-18(25)9-11-19;/h2*3-13H,14H2,1-2H3,(H,30,31)(H,27,28,29);/q;;+1. The molecule has 0 unspecified atom stereocenters. The molecule has 0 radical (unpaired) electrons. The van der Waals surface area contributed by atoms with Gasteiger partial charge in [-0.15, -0.1) is 10.2 Å². The maximum absolute atomic E-state index is 13.0. The molecule has 0 saturated carbocycles. The van der Waals surface area contributed by atoms with Crippen molar-refractivity contribution in [3.63, 3.8) is 0 Å². The second-order valence-electron chi connectivity index (χ2n) is 15.9. The van der Waals surface area contributed by atoms with Crippen LogP contribution in [0.2, 0.25) is 0 Å². The molecule has 16 nitrogen and oxygen atoms in total. The molecule has 0 aliphatic rings. The SMILES string of the molecule is CC(C)(COc1ccc(-c2ccc(-c3nc(Oc4ccc(F)cc4)n[nH]3)cc2)cn1)C(=O)O.CC(C)(COc1ccc(-c2ccc(-c3nc(Oc4ccc(F)cc4)n[nH]3)cc2)cn1)C(=O)O.[Na+]. The summed E-state index contributed by atoms with van der Waals surface area (Å²) >= 11 is 0. The van der Waals surface area contributed by atoms with Crippen molar-refractivity contribution in [2.24, 2.45) is 10.8 Å². The van der Waals surface area contributed by atoms with Gasteiger partial charge in [-0.1, -0.05) is 48.5 Å². The van der Waals surface area contributed by atoms with Gasteiger partial charge < -0.3 is 29.2 Å². The van der Waals surface area contributed by atoms with Gasteiger partial charge >= 0.3 is 53.5 Å². The number of hydrogen-bond donors (Lipinski definition) is 4. The Hall–Kier alpha value is -7.54. The van der Waals surface area contributed by atoms with Crippen molar-refractivity contribution in [1.82, 2.24) is 40.3 Å². The number of halogens is 2. The zero-order chi connectivity index (χ0) is 46.8. The number of benzene rings is 4. The topological polar surface area (TPSA) is 220 Å². The van der Waals surface area contributed by atoms with Gasteiger partial charge in [0.25, 0.3) is 0 Å². The molecular formula is C48H42F2N8NaO8+. The fraction of sp³-hybridized carbons (Fsp3) is 0.167. The molecule has 8 aromatic rings. The van der Waals surface area contributed by atoms with Gasteiger partial charge in [0, 0.05) is 46.8 Å². The zero-order valence-electron chi connectivity index (χ0n) is 36.9. The van der Waals surface area contributed by atoms with Crippen LogP contribution in [-0.4, -0.2) is 75.7 Å². The summed E-state index contributed by atoms with van der Waals surface area (Å²) in [6.07, 6.45) is 3.34. The molecule has 4 N–H and O–H groups in total. The largest absolute Gasteiger partial charge is 1.00 e. The first-order chi connectivity index (χ1) is 31.6. The van der Waals surface area contributed by atoms with Gasteiger partial charge in [-0.05, 0) is 99.5 Å². The van der Waals surface area contributed by atoms with E-state index in [0.717, 1.165) is 33.4 Å². The smallest absolute Gasteiger partial charge is 0.481 e. The van der Waals surface area contributed by atoms with Gasteiger partial charge in [-0.3, -0.25) is 19.8 Å². The Morgan fingerprint density at radius 3 is 1.15 bits per heavy atom. The van der Waals surface area contributed by atoms with Gasteiger partial charge in [-0.25, -0.2) is 18.7 Å². The number of carboxylic acid groups (broad SMARTS) is 2. The molecule has 0 spiro atoms. The second-order valence-corrected chi connectivity index (χ2v) is 15.9. The molecular weight excluding hydrogens is 878 g/mol. The molecule has 0 saturated heterocycles. The molecule has 67 heavy (non-hydrogen) atoms. The van der Waals surface area contributed by atoms with E-state index in [9.17, 15) is 18.4 Å². The van der Waals surface area contributed by atoms with E-state index in [2.05, 4.69) is 40.3 Å². The summed E-state index contributed by atoms with van der Waals surface area (Å²) in [7, 11) is 0. The molecule has 19 heteroatoms. The first-order valence-corrected chi connectivity index (χ1v) is 20.2. The number of carbonyl (C=O) groups is 2. The van der Waals surface area contributed by atoms with Gasteiger partial charge in [0.2, 0.25) is 11.8 Å². The maximum atomic E-state index is 13.0. The number of rotatable bonds is 16. The first kappa shape index (κ1) is 48.9. The Morgan fingerprint density at radius 2 is 0.836 bits per heavy atom. The van der Waals surface area contributed by atoms with Crippen LogP contribution in [0.15, 0.2) is 134 Å². The average Bonchev–Trinajstić information content (AvgIpc) is 4.00. The number of hydrogen-bond acceptors (Lipinski definition) is 12. The van der Waals surface area contributed by atoms with Crippen LogP contribution in [-0.2, 0) is 9.59 Å². The molecule has 0 amide bonds. The number of pyridine rings is 2.